The van der Waals surface area contributed by atoms with Crippen molar-refractivity contribution in [2.24, 2.45) is 0 Å². The van der Waals surface area contributed by atoms with E-state index < -0.39 is 0 Å². The maximum absolute atomic E-state index is 12.7. The van der Waals surface area contributed by atoms with Crippen LogP contribution >= 0.6 is 11.6 Å². The summed E-state index contributed by atoms with van der Waals surface area (Å²) >= 11 is 6.17. The first kappa shape index (κ1) is 19.9. The van der Waals surface area contributed by atoms with Gasteiger partial charge in [0.25, 0.3) is 5.91 Å². The Morgan fingerprint density at radius 1 is 1.33 bits per heavy atom. The largest absolute Gasteiger partial charge is 0.421 e. The van der Waals surface area contributed by atoms with Gasteiger partial charge in [-0.3, -0.25) is 9.78 Å². The first-order valence-corrected chi connectivity index (χ1v) is 9.87. The number of carbonyl (C=O) groups is 1. The molecule has 1 aliphatic rings. The van der Waals surface area contributed by atoms with Gasteiger partial charge in [0.2, 0.25) is 11.8 Å². The lowest BCUT2D eigenvalue weighted by Gasteiger charge is -2.27. The second kappa shape index (κ2) is 8.13. The average Bonchev–Trinajstić information content (AvgIpc) is 3.34. The number of anilines is 1. The van der Waals surface area contributed by atoms with Gasteiger partial charge in [0.05, 0.1) is 22.2 Å². The van der Waals surface area contributed by atoms with Gasteiger partial charge in [-0.1, -0.05) is 11.6 Å². The van der Waals surface area contributed by atoms with E-state index in [0.29, 0.717) is 33.6 Å². The van der Waals surface area contributed by atoms with Crippen molar-refractivity contribution in [2.75, 3.05) is 11.4 Å². The van der Waals surface area contributed by atoms with Crippen LogP contribution in [0.2, 0.25) is 5.02 Å². The van der Waals surface area contributed by atoms with Crippen molar-refractivity contribution >= 4 is 23.2 Å². The number of nitrogens with zero attached hydrogens (tertiary/aromatic N) is 5. The molecule has 3 heterocycles. The van der Waals surface area contributed by atoms with Crippen molar-refractivity contribution in [1.29, 1.82) is 5.26 Å². The quantitative estimate of drug-likeness (QED) is 0.686. The van der Waals surface area contributed by atoms with Crippen molar-refractivity contribution in [3.63, 3.8) is 0 Å². The highest BCUT2D eigenvalue weighted by Gasteiger charge is 2.32. The summed E-state index contributed by atoms with van der Waals surface area (Å²) < 4.78 is 5.37. The number of rotatable bonds is 4. The molecule has 1 aromatic carbocycles. The van der Waals surface area contributed by atoms with Crippen LogP contribution in [0.25, 0.3) is 11.5 Å². The Kier molecular flexibility index (Phi) is 5.38. The minimum absolute atomic E-state index is 0.0352. The molecule has 0 spiro atoms. The molecular formula is C21H19ClN6O2. The Bertz CT molecular complexity index is 1120. The van der Waals surface area contributed by atoms with Crippen molar-refractivity contribution < 1.29 is 9.21 Å². The van der Waals surface area contributed by atoms with Crippen molar-refractivity contribution in [3.05, 3.63) is 58.7 Å². The summed E-state index contributed by atoms with van der Waals surface area (Å²) in [5, 5.41) is 20.3. The summed E-state index contributed by atoms with van der Waals surface area (Å²) in [6.07, 6.45) is 2.34. The molecule has 30 heavy (non-hydrogen) atoms. The molecular weight excluding hydrogens is 404 g/mol. The predicted molar refractivity (Wildman–Crippen MR) is 111 cm³/mol. The molecule has 152 valence electrons. The van der Waals surface area contributed by atoms with Gasteiger partial charge in [-0.05, 0) is 43.7 Å². The summed E-state index contributed by atoms with van der Waals surface area (Å²) in [6.45, 7) is 4.54. The zero-order chi connectivity index (χ0) is 21.3. The summed E-state index contributed by atoms with van der Waals surface area (Å²) in [4.78, 5) is 19.1. The lowest BCUT2D eigenvalue weighted by atomic mass is 10.1. The van der Waals surface area contributed by atoms with E-state index in [1.165, 1.54) is 0 Å². The fraction of sp³-hybridized carbons (Fsp3) is 0.286. The van der Waals surface area contributed by atoms with E-state index in [0.717, 1.165) is 18.7 Å². The summed E-state index contributed by atoms with van der Waals surface area (Å²) in [6, 6.07) is 10.9. The van der Waals surface area contributed by atoms with Crippen LogP contribution in [0.5, 0.6) is 0 Å². The van der Waals surface area contributed by atoms with Crippen LogP contribution in [0.1, 0.15) is 35.3 Å². The third-order valence-electron chi connectivity index (χ3n) is 5.25. The lowest BCUT2D eigenvalue weighted by molar-refractivity contribution is 0.0930. The van der Waals surface area contributed by atoms with Crippen molar-refractivity contribution in [1.82, 2.24) is 20.5 Å². The van der Waals surface area contributed by atoms with Gasteiger partial charge < -0.3 is 14.6 Å². The zero-order valence-electron chi connectivity index (χ0n) is 16.5. The van der Waals surface area contributed by atoms with Gasteiger partial charge in [0.15, 0.2) is 0 Å². The smallest absolute Gasteiger partial charge is 0.270 e. The Morgan fingerprint density at radius 2 is 2.17 bits per heavy atom. The second-order valence-corrected chi connectivity index (χ2v) is 7.54. The summed E-state index contributed by atoms with van der Waals surface area (Å²) in [5.41, 5.74) is 2.36. The molecule has 0 saturated carbocycles. The van der Waals surface area contributed by atoms with E-state index in [9.17, 15) is 4.79 Å². The van der Waals surface area contributed by atoms with Gasteiger partial charge in [0, 0.05) is 31.4 Å². The van der Waals surface area contributed by atoms with Crippen LogP contribution in [0.3, 0.4) is 0 Å². The van der Waals surface area contributed by atoms with Gasteiger partial charge in [-0.15, -0.1) is 10.2 Å². The van der Waals surface area contributed by atoms with E-state index in [4.69, 9.17) is 21.3 Å². The molecule has 9 heteroatoms. The molecule has 2 aromatic heterocycles. The van der Waals surface area contributed by atoms with Crippen LogP contribution in [-0.4, -0.2) is 39.7 Å². The number of benzene rings is 1. The van der Waals surface area contributed by atoms with E-state index in [2.05, 4.69) is 38.4 Å². The maximum atomic E-state index is 12.7. The number of nitrogens with one attached hydrogen (secondary N) is 1. The van der Waals surface area contributed by atoms with Crippen LogP contribution in [0.15, 0.2) is 40.9 Å². The summed E-state index contributed by atoms with van der Waals surface area (Å²) in [7, 11) is 0. The topological polar surface area (TPSA) is 108 Å². The highest BCUT2D eigenvalue weighted by Crippen LogP contribution is 2.29. The predicted octanol–water partition coefficient (Wildman–Crippen LogP) is 3.36. The third kappa shape index (κ3) is 3.84. The molecule has 1 fully saturated rings. The number of hydrogen-bond acceptors (Lipinski definition) is 7. The monoisotopic (exact) mass is 422 g/mol. The molecule has 0 unspecified atom stereocenters. The van der Waals surface area contributed by atoms with Crippen LogP contribution in [0, 0.1) is 18.3 Å². The molecule has 0 aliphatic carbocycles. The molecule has 1 N–H and O–H groups in total. The van der Waals surface area contributed by atoms with E-state index >= 15 is 0 Å². The average molecular weight is 423 g/mol. The van der Waals surface area contributed by atoms with E-state index in [1.807, 2.05) is 6.07 Å². The number of amides is 1. The number of aryl methyl sites for hydroxylation is 1. The van der Waals surface area contributed by atoms with Crippen molar-refractivity contribution in [2.45, 2.75) is 32.4 Å². The second-order valence-electron chi connectivity index (χ2n) is 7.14. The minimum Gasteiger partial charge on any atom is -0.421 e. The fourth-order valence-corrected chi connectivity index (χ4v) is 3.80. The molecule has 4 rings (SSSR count). The minimum atomic E-state index is -0.236. The fourth-order valence-electron chi connectivity index (χ4n) is 3.58. The number of nitriles is 1. The molecule has 2 atom stereocenters. The standard InChI is InChI=1S/C21H19ClN6O2/c1-12-18(7-8-28(12)16-5-3-14(10-23)17(22)9-16)25-20(29)19-6-4-15(11-24-19)21-27-26-13(2)30-21/h3-6,9,11-12,18H,7-8H2,1-2H3,(H,25,29)/t12-,18-/m0/s1. The first-order chi connectivity index (χ1) is 14.5. The van der Waals surface area contributed by atoms with Gasteiger partial charge in [-0.2, -0.15) is 5.26 Å². The van der Waals surface area contributed by atoms with Crippen LogP contribution < -0.4 is 10.2 Å². The highest BCUT2D eigenvalue weighted by molar-refractivity contribution is 6.32. The van der Waals surface area contributed by atoms with Crippen LogP contribution in [0.4, 0.5) is 5.69 Å². The molecule has 8 nitrogen and oxygen atoms in total. The number of halogens is 1. The number of aromatic nitrogens is 3. The molecule has 1 amide bonds. The van der Waals surface area contributed by atoms with Crippen LogP contribution in [-0.2, 0) is 0 Å². The first-order valence-electron chi connectivity index (χ1n) is 9.50. The van der Waals surface area contributed by atoms with Gasteiger partial charge in [0.1, 0.15) is 11.8 Å². The molecule has 1 saturated heterocycles. The Morgan fingerprint density at radius 3 is 2.80 bits per heavy atom. The van der Waals surface area contributed by atoms with E-state index in [1.54, 1.807) is 37.4 Å². The molecule has 1 aliphatic heterocycles. The van der Waals surface area contributed by atoms with Gasteiger partial charge >= 0.3 is 0 Å². The maximum Gasteiger partial charge on any atom is 0.270 e. The SMILES string of the molecule is Cc1nnc(-c2ccc(C(=O)N[C@H]3CCN(c4ccc(C#N)c(Cl)c4)[C@H]3C)nc2)o1. The Hall–Kier alpha value is -3.44. The molecule has 0 radical (unpaired) electrons. The third-order valence-corrected chi connectivity index (χ3v) is 5.56. The Balaban J connectivity index is 1.42. The number of carbonyl (C=O) groups excluding carboxylic acids is 1. The molecule has 3 aromatic rings. The molecule has 0 bridgehead atoms. The lowest BCUT2D eigenvalue weighted by Crippen LogP contribution is -2.43. The summed E-state index contributed by atoms with van der Waals surface area (Å²) in [5.74, 6) is 0.600. The normalized spacial score (nSPS) is 18.3. The zero-order valence-corrected chi connectivity index (χ0v) is 17.2. The Labute approximate surface area is 178 Å². The van der Waals surface area contributed by atoms with Gasteiger partial charge in [-0.25, -0.2) is 0 Å². The van der Waals surface area contributed by atoms with Crippen molar-refractivity contribution in [3.8, 4) is 17.5 Å². The number of pyridine rings is 1. The number of hydrogen-bond donors (Lipinski definition) is 1. The van der Waals surface area contributed by atoms with E-state index in [-0.39, 0.29) is 18.0 Å². The highest BCUT2D eigenvalue weighted by atomic mass is 35.5.